The van der Waals surface area contributed by atoms with Crippen LogP contribution in [0.15, 0.2) is 78.9 Å². The van der Waals surface area contributed by atoms with Gasteiger partial charge in [-0.1, -0.05) is 18.2 Å². The van der Waals surface area contributed by atoms with Crippen LogP contribution in [-0.2, 0) is 0 Å². The van der Waals surface area contributed by atoms with Crippen LogP contribution < -0.4 is 9.47 Å². The molecule has 28 heavy (non-hydrogen) atoms. The molecule has 4 aromatic rings. The van der Waals surface area contributed by atoms with Gasteiger partial charge in [-0.15, -0.1) is 0 Å². The van der Waals surface area contributed by atoms with Crippen molar-refractivity contribution in [1.82, 2.24) is 9.55 Å². The van der Waals surface area contributed by atoms with E-state index in [1.807, 2.05) is 66.7 Å². The number of para-hydroxylation sites is 1. The van der Waals surface area contributed by atoms with Crippen molar-refractivity contribution in [2.75, 3.05) is 14.2 Å². The summed E-state index contributed by atoms with van der Waals surface area (Å²) in [6, 6.07) is 26.1. The lowest BCUT2D eigenvalue weighted by Crippen LogP contribution is -1.97. The Bertz CT molecular complexity index is 1130. The molecule has 4 nitrogen and oxygen atoms in total. The van der Waals surface area contributed by atoms with Crippen molar-refractivity contribution >= 4 is 12.2 Å². The Morgan fingerprint density at radius 1 is 0.714 bits per heavy atom. The van der Waals surface area contributed by atoms with Gasteiger partial charge < -0.3 is 14.5 Å². The number of aromatic amines is 1. The summed E-state index contributed by atoms with van der Waals surface area (Å²) >= 11 is 5.70. The summed E-state index contributed by atoms with van der Waals surface area (Å²) in [4.78, 5) is 3.40. The molecule has 140 valence electrons. The van der Waals surface area contributed by atoms with E-state index in [1.165, 1.54) is 0 Å². The molecule has 0 saturated carbocycles. The zero-order valence-electron chi connectivity index (χ0n) is 15.7. The number of rotatable bonds is 5. The van der Waals surface area contributed by atoms with E-state index in [-0.39, 0.29) is 0 Å². The van der Waals surface area contributed by atoms with Gasteiger partial charge in [-0.05, 0) is 72.9 Å². The third-order valence-electron chi connectivity index (χ3n) is 4.65. The van der Waals surface area contributed by atoms with Crippen LogP contribution in [-0.4, -0.2) is 23.8 Å². The first-order valence-corrected chi connectivity index (χ1v) is 9.31. The molecule has 0 aliphatic carbocycles. The van der Waals surface area contributed by atoms with Crippen LogP contribution in [0.1, 0.15) is 0 Å². The van der Waals surface area contributed by atoms with Crippen LogP contribution in [0.25, 0.3) is 28.2 Å². The fourth-order valence-electron chi connectivity index (χ4n) is 3.25. The molecule has 0 unspecified atom stereocenters. The molecule has 0 saturated heterocycles. The van der Waals surface area contributed by atoms with Crippen LogP contribution in [0, 0.1) is 4.77 Å². The van der Waals surface area contributed by atoms with E-state index < -0.39 is 0 Å². The van der Waals surface area contributed by atoms with Gasteiger partial charge in [0.15, 0.2) is 4.77 Å². The van der Waals surface area contributed by atoms with Crippen LogP contribution in [0.2, 0.25) is 0 Å². The van der Waals surface area contributed by atoms with Gasteiger partial charge >= 0.3 is 0 Å². The summed E-state index contributed by atoms with van der Waals surface area (Å²) < 4.78 is 13.3. The molecule has 0 aliphatic rings. The number of methoxy groups -OCH3 is 2. The number of aromatic nitrogens is 2. The maximum absolute atomic E-state index is 5.70. The highest BCUT2D eigenvalue weighted by Crippen LogP contribution is 2.35. The molecule has 0 fully saturated rings. The monoisotopic (exact) mass is 388 g/mol. The first-order chi connectivity index (χ1) is 13.7. The second-order valence-electron chi connectivity index (χ2n) is 6.28. The molecule has 0 aliphatic heterocycles. The molecule has 0 radical (unpaired) electrons. The summed E-state index contributed by atoms with van der Waals surface area (Å²) in [5.41, 5.74) is 5.05. The predicted molar refractivity (Wildman–Crippen MR) is 115 cm³/mol. The zero-order valence-corrected chi connectivity index (χ0v) is 16.5. The molecule has 0 spiro atoms. The van der Waals surface area contributed by atoms with Gasteiger partial charge in [0.25, 0.3) is 0 Å². The van der Waals surface area contributed by atoms with Gasteiger partial charge in [0, 0.05) is 16.8 Å². The quantitative estimate of drug-likeness (QED) is 0.434. The Kier molecular flexibility index (Phi) is 5.00. The van der Waals surface area contributed by atoms with E-state index in [2.05, 4.69) is 21.7 Å². The number of hydrogen-bond acceptors (Lipinski definition) is 3. The van der Waals surface area contributed by atoms with Gasteiger partial charge in [0.2, 0.25) is 0 Å². The van der Waals surface area contributed by atoms with E-state index in [1.54, 1.807) is 14.2 Å². The zero-order chi connectivity index (χ0) is 19.5. The van der Waals surface area contributed by atoms with E-state index >= 15 is 0 Å². The summed E-state index contributed by atoms with van der Waals surface area (Å²) in [5, 5.41) is 0. The van der Waals surface area contributed by atoms with Crippen molar-refractivity contribution in [3.8, 4) is 39.7 Å². The highest BCUT2D eigenvalue weighted by Gasteiger charge is 2.17. The highest BCUT2D eigenvalue weighted by molar-refractivity contribution is 7.71. The van der Waals surface area contributed by atoms with Crippen molar-refractivity contribution < 1.29 is 9.47 Å². The Balaban J connectivity index is 1.96. The molecular formula is C23H20N2O2S. The molecule has 4 rings (SSSR count). The first-order valence-electron chi connectivity index (χ1n) is 8.90. The van der Waals surface area contributed by atoms with Crippen molar-refractivity contribution in [2.45, 2.75) is 0 Å². The lowest BCUT2D eigenvalue weighted by atomic mass is 10.0. The van der Waals surface area contributed by atoms with Crippen molar-refractivity contribution in [3.63, 3.8) is 0 Å². The predicted octanol–water partition coefficient (Wildman–Crippen LogP) is 5.89. The summed E-state index contributed by atoms with van der Waals surface area (Å²) in [7, 11) is 3.33. The number of H-pyrrole nitrogens is 1. The number of ether oxygens (including phenoxy) is 2. The number of benzene rings is 3. The molecule has 1 N–H and O–H groups in total. The molecular weight excluding hydrogens is 368 g/mol. The van der Waals surface area contributed by atoms with Gasteiger partial charge in [0.05, 0.1) is 25.6 Å². The number of imidazole rings is 1. The van der Waals surface area contributed by atoms with E-state index in [9.17, 15) is 0 Å². The largest absolute Gasteiger partial charge is 0.497 e. The maximum Gasteiger partial charge on any atom is 0.182 e. The van der Waals surface area contributed by atoms with E-state index in [4.69, 9.17) is 21.7 Å². The molecule has 1 aromatic heterocycles. The van der Waals surface area contributed by atoms with Gasteiger partial charge in [0.1, 0.15) is 11.5 Å². The lowest BCUT2D eigenvalue weighted by molar-refractivity contribution is 0.414. The standard InChI is InChI=1S/C23H20N2O2S/c1-26-19-12-8-16(9-13-19)21-22(17-10-14-20(27-2)15-11-17)25(23(28)24-21)18-6-4-3-5-7-18/h3-15H,1-2H3,(H,24,28). The smallest absolute Gasteiger partial charge is 0.182 e. The first kappa shape index (κ1) is 18.1. The SMILES string of the molecule is COc1ccc(-c2[nH]c(=S)n(-c3ccccc3)c2-c2ccc(OC)cc2)cc1. The van der Waals surface area contributed by atoms with Crippen LogP contribution >= 0.6 is 12.2 Å². The summed E-state index contributed by atoms with van der Waals surface area (Å²) in [6.45, 7) is 0. The summed E-state index contributed by atoms with van der Waals surface area (Å²) in [5.74, 6) is 1.63. The van der Waals surface area contributed by atoms with Crippen LogP contribution in [0.4, 0.5) is 0 Å². The molecule has 3 aromatic carbocycles. The number of nitrogens with zero attached hydrogens (tertiary/aromatic N) is 1. The average Bonchev–Trinajstić information content (AvgIpc) is 3.11. The second-order valence-corrected chi connectivity index (χ2v) is 6.67. The van der Waals surface area contributed by atoms with Gasteiger partial charge in [-0.25, -0.2) is 0 Å². The average molecular weight is 388 g/mol. The van der Waals surface area contributed by atoms with Crippen molar-refractivity contribution in [3.05, 3.63) is 83.6 Å². The normalized spacial score (nSPS) is 10.6. The minimum atomic E-state index is 0.642. The highest BCUT2D eigenvalue weighted by atomic mass is 32.1. The van der Waals surface area contributed by atoms with Crippen molar-refractivity contribution in [1.29, 1.82) is 0 Å². The van der Waals surface area contributed by atoms with Gasteiger partial charge in [-0.2, -0.15) is 0 Å². The molecule has 0 atom stereocenters. The summed E-state index contributed by atoms with van der Waals surface area (Å²) in [6.07, 6.45) is 0. The topological polar surface area (TPSA) is 39.2 Å². The van der Waals surface area contributed by atoms with Crippen LogP contribution in [0.3, 0.4) is 0 Å². The Hall–Kier alpha value is -3.31. The number of nitrogens with one attached hydrogen (secondary N) is 1. The molecule has 1 heterocycles. The lowest BCUT2D eigenvalue weighted by Gasteiger charge is -2.12. The van der Waals surface area contributed by atoms with Gasteiger partial charge in [-0.3, -0.25) is 4.57 Å². The Morgan fingerprint density at radius 2 is 1.25 bits per heavy atom. The molecule has 0 bridgehead atoms. The van der Waals surface area contributed by atoms with Crippen LogP contribution in [0.5, 0.6) is 11.5 Å². The van der Waals surface area contributed by atoms with Crippen molar-refractivity contribution in [2.24, 2.45) is 0 Å². The third-order valence-corrected chi connectivity index (χ3v) is 4.94. The molecule has 5 heteroatoms. The Labute approximate surface area is 169 Å². The Morgan fingerprint density at radius 3 is 1.79 bits per heavy atom. The minimum absolute atomic E-state index is 0.642. The fraction of sp³-hybridized carbons (Fsp3) is 0.0870. The fourth-order valence-corrected chi connectivity index (χ4v) is 3.55. The second kappa shape index (κ2) is 7.74. The minimum Gasteiger partial charge on any atom is -0.497 e. The number of hydrogen-bond donors (Lipinski definition) is 1. The van der Waals surface area contributed by atoms with E-state index in [0.29, 0.717) is 4.77 Å². The molecule has 0 amide bonds. The maximum atomic E-state index is 5.70. The van der Waals surface area contributed by atoms with E-state index in [0.717, 1.165) is 39.7 Å². The third kappa shape index (κ3) is 3.32.